The van der Waals surface area contributed by atoms with E-state index in [-0.39, 0.29) is 5.69 Å². The summed E-state index contributed by atoms with van der Waals surface area (Å²) in [6.07, 6.45) is -4.37. The van der Waals surface area contributed by atoms with Crippen molar-refractivity contribution >= 4 is 21.6 Å². The summed E-state index contributed by atoms with van der Waals surface area (Å²) in [5.41, 5.74) is 1.44. The van der Waals surface area contributed by atoms with Gasteiger partial charge in [-0.25, -0.2) is 0 Å². The van der Waals surface area contributed by atoms with Gasteiger partial charge in [-0.05, 0) is 36.2 Å². The molecule has 0 atom stereocenters. The first kappa shape index (κ1) is 14.9. The smallest absolute Gasteiger partial charge is 0.380 e. The highest BCUT2D eigenvalue weighted by Gasteiger charge is 2.33. The average molecular weight is 344 g/mol. The number of aryl methyl sites for hydroxylation is 1. The predicted molar refractivity (Wildman–Crippen MR) is 77.6 cm³/mol. The van der Waals surface area contributed by atoms with Crippen molar-refractivity contribution in [1.29, 1.82) is 0 Å². The van der Waals surface area contributed by atoms with Gasteiger partial charge in [0.05, 0.1) is 5.56 Å². The summed E-state index contributed by atoms with van der Waals surface area (Å²) < 4.78 is 39.4. The van der Waals surface area contributed by atoms with Crippen molar-refractivity contribution in [2.75, 3.05) is 5.32 Å². The van der Waals surface area contributed by atoms with Crippen LogP contribution in [-0.2, 0) is 12.7 Å². The number of hydrogen-bond acceptors (Lipinski definition) is 1. The molecule has 0 fully saturated rings. The van der Waals surface area contributed by atoms with Gasteiger partial charge < -0.3 is 5.32 Å². The van der Waals surface area contributed by atoms with Crippen LogP contribution in [0.5, 0.6) is 0 Å². The molecule has 0 aromatic heterocycles. The monoisotopic (exact) mass is 343 g/mol. The third kappa shape index (κ3) is 3.54. The van der Waals surface area contributed by atoms with Gasteiger partial charge in [0.1, 0.15) is 0 Å². The fraction of sp³-hybridized carbons (Fsp3) is 0.200. The third-order valence-electron chi connectivity index (χ3n) is 3.02. The van der Waals surface area contributed by atoms with Crippen LogP contribution in [0.3, 0.4) is 0 Å². The van der Waals surface area contributed by atoms with Gasteiger partial charge in [0.25, 0.3) is 0 Å². The van der Waals surface area contributed by atoms with Crippen LogP contribution in [-0.4, -0.2) is 0 Å². The van der Waals surface area contributed by atoms with Crippen LogP contribution < -0.4 is 5.32 Å². The molecule has 106 valence electrons. The van der Waals surface area contributed by atoms with Crippen molar-refractivity contribution in [3.8, 4) is 0 Å². The Morgan fingerprint density at radius 2 is 1.80 bits per heavy atom. The molecule has 0 aliphatic rings. The van der Waals surface area contributed by atoms with Crippen LogP contribution >= 0.6 is 15.9 Å². The van der Waals surface area contributed by atoms with Crippen LogP contribution in [0.2, 0.25) is 0 Å². The summed E-state index contributed by atoms with van der Waals surface area (Å²) in [7, 11) is 0. The highest BCUT2D eigenvalue weighted by molar-refractivity contribution is 9.10. The second-order valence-corrected chi connectivity index (χ2v) is 5.38. The fourth-order valence-corrected chi connectivity index (χ4v) is 2.27. The van der Waals surface area contributed by atoms with E-state index in [4.69, 9.17) is 0 Å². The van der Waals surface area contributed by atoms with Gasteiger partial charge >= 0.3 is 6.18 Å². The Morgan fingerprint density at radius 3 is 2.45 bits per heavy atom. The molecule has 1 nitrogen and oxygen atoms in total. The van der Waals surface area contributed by atoms with Crippen molar-refractivity contribution in [1.82, 2.24) is 0 Å². The highest BCUT2D eigenvalue weighted by Crippen LogP contribution is 2.36. The number of anilines is 1. The maximum atomic E-state index is 12.9. The molecule has 0 amide bonds. The van der Waals surface area contributed by atoms with E-state index in [0.29, 0.717) is 11.0 Å². The number of rotatable bonds is 3. The fourth-order valence-electron chi connectivity index (χ4n) is 1.91. The first-order valence-electron chi connectivity index (χ1n) is 6.03. The molecule has 0 spiro atoms. The molecular formula is C15H13BrF3N. The van der Waals surface area contributed by atoms with E-state index in [9.17, 15) is 13.2 Å². The maximum absolute atomic E-state index is 12.9. The third-order valence-corrected chi connectivity index (χ3v) is 3.51. The van der Waals surface area contributed by atoms with E-state index >= 15 is 0 Å². The van der Waals surface area contributed by atoms with Crippen molar-refractivity contribution in [3.63, 3.8) is 0 Å². The minimum Gasteiger partial charge on any atom is -0.380 e. The van der Waals surface area contributed by atoms with E-state index in [1.165, 1.54) is 12.1 Å². The van der Waals surface area contributed by atoms with Gasteiger partial charge in [-0.3, -0.25) is 0 Å². The van der Waals surface area contributed by atoms with Crippen LogP contribution in [0.4, 0.5) is 18.9 Å². The molecule has 5 heteroatoms. The van der Waals surface area contributed by atoms with Gasteiger partial charge in [0.2, 0.25) is 0 Å². The lowest BCUT2D eigenvalue weighted by Gasteiger charge is -2.15. The summed E-state index contributed by atoms with van der Waals surface area (Å²) in [6, 6.07) is 11.5. The Labute approximate surface area is 123 Å². The van der Waals surface area contributed by atoms with Gasteiger partial charge in [-0.2, -0.15) is 13.2 Å². The molecule has 1 N–H and O–H groups in total. The number of benzene rings is 2. The summed E-state index contributed by atoms with van der Waals surface area (Å²) in [4.78, 5) is 0. The molecule has 0 aliphatic carbocycles. The second kappa shape index (κ2) is 5.87. The first-order valence-corrected chi connectivity index (χ1v) is 6.82. The average Bonchev–Trinajstić information content (AvgIpc) is 2.36. The number of nitrogens with one attached hydrogen (secondary N) is 1. The molecule has 0 saturated heterocycles. The lowest BCUT2D eigenvalue weighted by atomic mass is 10.1. The maximum Gasteiger partial charge on any atom is 0.418 e. The SMILES string of the molecule is Cc1ccccc1CNc1cc(Br)ccc1C(F)(F)F. The van der Waals surface area contributed by atoms with Gasteiger partial charge in [-0.15, -0.1) is 0 Å². The minimum absolute atomic E-state index is 0.0788. The van der Waals surface area contributed by atoms with E-state index in [1.54, 1.807) is 0 Å². The summed E-state index contributed by atoms with van der Waals surface area (Å²) in [5, 5.41) is 2.87. The highest BCUT2D eigenvalue weighted by atomic mass is 79.9. The molecule has 0 bridgehead atoms. The van der Waals surface area contributed by atoms with Crippen LogP contribution in [0.1, 0.15) is 16.7 Å². The molecule has 20 heavy (non-hydrogen) atoms. The van der Waals surface area contributed by atoms with Gasteiger partial charge in [0.15, 0.2) is 0 Å². The largest absolute Gasteiger partial charge is 0.418 e. The Bertz CT molecular complexity index is 608. The molecule has 0 radical (unpaired) electrons. The van der Waals surface area contributed by atoms with Crippen molar-refractivity contribution < 1.29 is 13.2 Å². The van der Waals surface area contributed by atoms with E-state index in [0.717, 1.165) is 17.2 Å². The number of halogens is 4. The molecule has 2 aromatic carbocycles. The van der Waals surface area contributed by atoms with E-state index in [1.807, 2.05) is 31.2 Å². The van der Waals surface area contributed by atoms with Crippen LogP contribution in [0.25, 0.3) is 0 Å². The lowest BCUT2D eigenvalue weighted by Crippen LogP contribution is -2.11. The normalized spacial score (nSPS) is 11.4. The quantitative estimate of drug-likeness (QED) is 0.787. The van der Waals surface area contributed by atoms with Gasteiger partial charge in [-0.1, -0.05) is 40.2 Å². The summed E-state index contributed by atoms with van der Waals surface area (Å²) >= 11 is 3.20. The zero-order valence-electron chi connectivity index (χ0n) is 10.8. The predicted octanol–water partition coefficient (Wildman–Crippen LogP) is 5.39. The summed E-state index contributed by atoms with van der Waals surface area (Å²) in [5.74, 6) is 0. The Balaban J connectivity index is 2.25. The van der Waals surface area contributed by atoms with Crippen LogP contribution in [0, 0.1) is 6.92 Å². The Kier molecular flexibility index (Phi) is 4.38. The molecule has 2 rings (SSSR count). The van der Waals surface area contributed by atoms with Crippen LogP contribution in [0.15, 0.2) is 46.9 Å². The molecular weight excluding hydrogens is 331 g/mol. The zero-order chi connectivity index (χ0) is 14.8. The number of hydrogen-bond donors (Lipinski definition) is 1. The zero-order valence-corrected chi connectivity index (χ0v) is 12.3. The van der Waals surface area contributed by atoms with E-state index in [2.05, 4.69) is 21.2 Å². The number of alkyl halides is 3. The standard InChI is InChI=1S/C15H13BrF3N/c1-10-4-2-3-5-11(10)9-20-14-8-12(16)6-7-13(14)15(17,18)19/h2-8,20H,9H2,1H3. The minimum atomic E-state index is -4.37. The summed E-state index contributed by atoms with van der Waals surface area (Å²) in [6.45, 7) is 2.29. The molecule has 0 unspecified atom stereocenters. The van der Waals surface area contributed by atoms with Crippen molar-refractivity contribution in [3.05, 3.63) is 63.6 Å². The topological polar surface area (TPSA) is 12.0 Å². The lowest BCUT2D eigenvalue weighted by molar-refractivity contribution is -0.137. The Hall–Kier alpha value is -1.49. The first-order chi connectivity index (χ1) is 9.38. The Morgan fingerprint density at radius 1 is 1.10 bits per heavy atom. The molecule has 0 saturated carbocycles. The van der Waals surface area contributed by atoms with Crippen molar-refractivity contribution in [2.45, 2.75) is 19.6 Å². The van der Waals surface area contributed by atoms with Crippen molar-refractivity contribution in [2.24, 2.45) is 0 Å². The van der Waals surface area contributed by atoms with E-state index < -0.39 is 11.7 Å². The second-order valence-electron chi connectivity index (χ2n) is 4.47. The molecule has 0 heterocycles. The molecule has 0 aliphatic heterocycles. The molecule has 2 aromatic rings. The van der Waals surface area contributed by atoms with Gasteiger partial charge in [0, 0.05) is 16.7 Å².